The van der Waals surface area contributed by atoms with Crippen molar-refractivity contribution in [3.05, 3.63) is 29.8 Å². The van der Waals surface area contributed by atoms with Gasteiger partial charge >= 0.3 is 0 Å². The van der Waals surface area contributed by atoms with Gasteiger partial charge in [-0.2, -0.15) is 0 Å². The molecule has 0 unspecified atom stereocenters. The standard InChI is InChI=1S/C18H29NO2/c1-15(2)21-17-9-7-8-16(12-17)13-19-14-18(20)10-5-3-4-6-11-18/h7-9,12,15,19-20H,3-6,10-11,13-14H2,1-2H3. The second-order valence-corrected chi connectivity index (χ2v) is 6.56. The number of nitrogens with one attached hydrogen (secondary N) is 1. The average molecular weight is 291 g/mol. The van der Waals surface area contributed by atoms with Gasteiger partial charge in [0.2, 0.25) is 0 Å². The zero-order chi connectivity index (χ0) is 15.1. The largest absolute Gasteiger partial charge is 0.491 e. The van der Waals surface area contributed by atoms with Gasteiger partial charge in [-0.1, -0.05) is 37.8 Å². The number of ether oxygens (including phenoxy) is 1. The first-order valence-electron chi connectivity index (χ1n) is 8.26. The predicted molar refractivity (Wildman–Crippen MR) is 86.6 cm³/mol. The third kappa shape index (κ3) is 5.68. The molecule has 3 heteroatoms. The first-order valence-corrected chi connectivity index (χ1v) is 8.26. The van der Waals surface area contributed by atoms with Gasteiger partial charge in [-0.05, 0) is 44.4 Å². The summed E-state index contributed by atoms with van der Waals surface area (Å²) in [5.41, 5.74) is 0.688. The fourth-order valence-corrected chi connectivity index (χ4v) is 3.00. The Hall–Kier alpha value is -1.06. The van der Waals surface area contributed by atoms with Gasteiger partial charge < -0.3 is 15.2 Å². The molecule has 0 heterocycles. The number of rotatable bonds is 6. The molecular formula is C18H29NO2. The minimum atomic E-state index is -0.511. The maximum absolute atomic E-state index is 10.6. The van der Waals surface area contributed by atoms with E-state index < -0.39 is 5.60 Å². The van der Waals surface area contributed by atoms with E-state index in [4.69, 9.17) is 4.74 Å². The zero-order valence-corrected chi connectivity index (χ0v) is 13.4. The molecule has 1 aromatic rings. The third-order valence-corrected chi connectivity index (χ3v) is 4.09. The van der Waals surface area contributed by atoms with Crippen LogP contribution >= 0.6 is 0 Å². The fraction of sp³-hybridized carbons (Fsp3) is 0.667. The molecule has 0 aliphatic heterocycles. The van der Waals surface area contributed by atoms with Crippen molar-refractivity contribution >= 4 is 0 Å². The predicted octanol–water partition coefficient (Wildman–Crippen LogP) is 3.65. The third-order valence-electron chi connectivity index (χ3n) is 4.09. The molecule has 1 aromatic carbocycles. The molecule has 2 rings (SSSR count). The van der Waals surface area contributed by atoms with Crippen LogP contribution in [-0.4, -0.2) is 23.4 Å². The summed E-state index contributed by atoms with van der Waals surface area (Å²) in [4.78, 5) is 0. The van der Waals surface area contributed by atoms with Crippen molar-refractivity contribution in [3.63, 3.8) is 0 Å². The lowest BCUT2D eigenvalue weighted by Crippen LogP contribution is -2.39. The second kappa shape index (κ2) is 7.81. The van der Waals surface area contributed by atoms with E-state index in [9.17, 15) is 5.11 Å². The first kappa shape index (κ1) is 16.3. The highest BCUT2D eigenvalue weighted by Gasteiger charge is 2.27. The summed E-state index contributed by atoms with van der Waals surface area (Å²) in [6, 6.07) is 8.18. The Morgan fingerprint density at radius 1 is 1.19 bits per heavy atom. The van der Waals surface area contributed by atoms with Gasteiger partial charge in [-0.25, -0.2) is 0 Å². The van der Waals surface area contributed by atoms with Gasteiger partial charge in [0, 0.05) is 13.1 Å². The van der Waals surface area contributed by atoms with Crippen LogP contribution in [0.5, 0.6) is 5.75 Å². The molecule has 0 amide bonds. The van der Waals surface area contributed by atoms with Crippen LogP contribution in [0.25, 0.3) is 0 Å². The lowest BCUT2D eigenvalue weighted by atomic mass is 9.94. The molecule has 118 valence electrons. The SMILES string of the molecule is CC(C)Oc1cccc(CNCC2(O)CCCCCC2)c1. The highest BCUT2D eigenvalue weighted by Crippen LogP contribution is 2.26. The topological polar surface area (TPSA) is 41.5 Å². The summed E-state index contributed by atoms with van der Waals surface area (Å²) >= 11 is 0. The van der Waals surface area contributed by atoms with Crippen molar-refractivity contribution < 1.29 is 9.84 Å². The van der Waals surface area contributed by atoms with E-state index >= 15 is 0 Å². The Morgan fingerprint density at radius 2 is 1.90 bits per heavy atom. The monoisotopic (exact) mass is 291 g/mol. The molecule has 0 saturated heterocycles. The number of hydrogen-bond donors (Lipinski definition) is 2. The Balaban J connectivity index is 1.82. The van der Waals surface area contributed by atoms with Crippen molar-refractivity contribution in [2.24, 2.45) is 0 Å². The molecular weight excluding hydrogens is 262 g/mol. The van der Waals surface area contributed by atoms with E-state index in [0.717, 1.165) is 38.0 Å². The van der Waals surface area contributed by atoms with Gasteiger partial charge in [0.15, 0.2) is 0 Å². The van der Waals surface area contributed by atoms with Crippen LogP contribution in [-0.2, 0) is 6.54 Å². The van der Waals surface area contributed by atoms with E-state index in [-0.39, 0.29) is 6.10 Å². The molecule has 3 nitrogen and oxygen atoms in total. The quantitative estimate of drug-likeness (QED) is 0.786. The van der Waals surface area contributed by atoms with Gasteiger partial charge in [-0.3, -0.25) is 0 Å². The summed E-state index contributed by atoms with van der Waals surface area (Å²) in [6.45, 7) is 5.53. The highest BCUT2D eigenvalue weighted by atomic mass is 16.5. The minimum Gasteiger partial charge on any atom is -0.491 e. The summed E-state index contributed by atoms with van der Waals surface area (Å²) in [7, 11) is 0. The Morgan fingerprint density at radius 3 is 2.57 bits per heavy atom. The number of benzene rings is 1. The summed E-state index contributed by atoms with van der Waals surface area (Å²) in [6.07, 6.45) is 6.87. The van der Waals surface area contributed by atoms with E-state index in [1.165, 1.54) is 18.4 Å². The van der Waals surface area contributed by atoms with Gasteiger partial charge in [0.1, 0.15) is 5.75 Å². The summed E-state index contributed by atoms with van der Waals surface area (Å²) < 4.78 is 5.71. The molecule has 0 atom stereocenters. The van der Waals surface area contributed by atoms with Crippen LogP contribution < -0.4 is 10.1 Å². The van der Waals surface area contributed by atoms with Crippen molar-refractivity contribution in [3.8, 4) is 5.75 Å². The molecule has 1 aliphatic carbocycles. The Kier molecular flexibility index (Phi) is 6.07. The van der Waals surface area contributed by atoms with Crippen molar-refractivity contribution in [1.82, 2.24) is 5.32 Å². The molecule has 21 heavy (non-hydrogen) atoms. The maximum Gasteiger partial charge on any atom is 0.120 e. The molecule has 2 N–H and O–H groups in total. The van der Waals surface area contributed by atoms with Crippen LogP contribution in [0.1, 0.15) is 57.9 Å². The highest BCUT2D eigenvalue weighted by molar-refractivity contribution is 5.28. The maximum atomic E-state index is 10.6. The van der Waals surface area contributed by atoms with E-state index in [1.807, 2.05) is 26.0 Å². The van der Waals surface area contributed by atoms with Crippen LogP contribution in [0.3, 0.4) is 0 Å². The van der Waals surface area contributed by atoms with Crippen molar-refractivity contribution in [2.45, 2.75) is 70.6 Å². The van der Waals surface area contributed by atoms with Crippen LogP contribution in [0.15, 0.2) is 24.3 Å². The van der Waals surface area contributed by atoms with Gasteiger partial charge in [-0.15, -0.1) is 0 Å². The fourth-order valence-electron chi connectivity index (χ4n) is 3.00. The van der Waals surface area contributed by atoms with E-state index in [0.29, 0.717) is 6.54 Å². The Bertz CT molecular complexity index is 423. The Labute approximate surface area is 128 Å². The lowest BCUT2D eigenvalue weighted by molar-refractivity contribution is 0.0250. The van der Waals surface area contributed by atoms with E-state index in [1.54, 1.807) is 0 Å². The van der Waals surface area contributed by atoms with Crippen molar-refractivity contribution in [1.29, 1.82) is 0 Å². The van der Waals surface area contributed by atoms with Crippen molar-refractivity contribution in [2.75, 3.05) is 6.54 Å². The molecule has 1 aliphatic rings. The minimum absolute atomic E-state index is 0.194. The number of hydrogen-bond acceptors (Lipinski definition) is 3. The second-order valence-electron chi connectivity index (χ2n) is 6.56. The smallest absolute Gasteiger partial charge is 0.120 e. The van der Waals surface area contributed by atoms with Gasteiger partial charge in [0.05, 0.1) is 11.7 Å². The average Bonchev–Trinajstić information content (AvgIpc) is 2.63. The summed E-state index contributed by atoms with van der Waals surface area (Å²) in [5.74, 6) is 0.914. The molecule has 1 fully saturated rings. The molecule has 1 saturated carbocycles. The normalized spacial score (nSPS) is 18.5. The van der Waals surface area contributed by atoms with Crippen LogP contribution in [0, 0.1) is 0 Å². The molecule has 0 bridgehead atoms. The van der Waals surface area contributed by atoms with Crippen LogP contribution in [0.2, 0.25) is 0 Å². The molecule has 0 radical (unpaired) electrons. The van der Waals surface area contributed by atoms with Gasteiger partial charge in [0.25, 0.3) is 0 Å². The van der Waals surface area contributed by atoms with E-state index in [2.05, 4.69) is 17.4 Å². The lowest BCUT2D eigenvalue weighted by Gasteiger charge is -2.27. The molecule has 0 spiro atoms. The number of aliphatic hydroxyl groups is 1. The zero-order valence-electron chi connectivity index (χ0n) is 13.4. The summed E-state index contributed by atoms with van der Waals surface area (Å²) in [5, 5.41) is 14.0. The molecule has 0 aromatic heterocycles. The first-order chi connectivity index (χ1) is 10.1. The van der Waals surface area contributed by atoms with Crippen LogP contribution in [0.4, 0.5) is 0 Å².